The van der Waals surface area contributed by atoms with E-state index in [2.05, 4.69) is 0 Å². The van der Waals surface area contributed by atoms with E-state index in [1.165, 1.54) is 0 Å². The van der Waals surface area contributed by atoms with Crippen LogP contribution in [0.4, 0.5) is 0 Å². The van der Waals surface area contributed by atoms with Crippen LogP contribution < -0.4 is 0 Å². The normalized spacial score (nSPS) is 15.4. The molecule has 20 heavy (non-hydrogen) atoms. The van der Waals surface area contributed by atoms with Gasteiger partial charge in [-0.05, 0) is 6.42 Å². The summed E-state index contributed by atoms with van der Waals surface area (Å²) in [5.74, 6) is 0. The zero-order valence-electron chi connectivity index (χ0n) is 9.62. The highest BCUT2D eigenvalue weighted by Crippen LogP contribution is 2.74. The van der Waals surface area contributed by atoms with Gasteiger partial charge in [0.15, 0.2) is 4.90 Å². The molecule has 0 bridgehead atoms. The van der Waals surface area contributed by atoms with Crippen LogP contribution in [0.3, 0.4) is 0 Å². The second-order valence-electron chi connectivity index (χ2n) is 4.03. The van der Waals surface area contributed by atoms with Gasteiger partial charge in [-0.1, -0.05) is 0 Å². The van der Waals surface area contributed by atoms with Gasteiger partial charge < -0.3 is 39.1 Å². The molecule has 12 nitrogen and oxygen atoms in total. The number of hydrogen-bond acceptors (Lipinski definition) is 4. The third-order valence-corrected chi connectivity index (χ3v) is 9.10. The Morgan fingerprint density at radius 1 is 0.650 bits per heavy atom. The first kappa shape index (κ1) is 20.6. The standard InChI is InChI=1S/C4H14O12P4/c5-17(6,7)2-1-4(19(11,12)13,20(14,15)16)3-18(8,9)10/h1-3H2,(H2,5,6,7)(H2,8,9,10)(H2,11,12,13)(H2,14,15,16). The van der Waals surface area contributed by atoms with Crippen molar-refractivity contribution in [3.8, 4) is 0 Å². The molecule has 122 valence electrons. The van der Waals surface area contributed by atoms with Gasteiger partial charge in [-0.15, -0.1) is 0 Å². The second kappa shape index (κ2) is 6.01. The van der Waals surface area contributed by atoms with E-state index < -0.39 is 54.0 Å². The van der Waals surface area contributed by atoms with E-state index in [4.69, 9.17) is 39.1 Å². The largest absolute Gasteiger partial charge is 0.344 e. The average molecular weight is 378 g/mol. The van der Waals surface area contributed by atoms with Gasteiger partial charge in [0.05, 0.1) is 12.3 Å². The first-order valence-corrected chi connectivity index (χ1v) is 11.4. The van der Waals surface area contributed by atoms with E-state index >= 15 is 0 Å². The molecule has 0 aromatic carbocycles. The van der Waals surface area contributed by atoms with Crippen LogP contribution in [0.15, 0.2) is 0 Å². The van der Waals surface area contributed by atoms with Gasteiger partial charge in [0, 0.05) is 0 Å². The smallest absolute Gasteiger partial charge is 0.324 e. The fourth-order valence-corrected chi connectivity index (χ4v) is 7.97. The summed E-state index contributed by atoms with van der Waals surface area (Å²) in [7, 11) is -21.8. The first-order chi connectivity index (χ1) is 8.41. The molecule has 0 aromatic rings. The summed E-state index contributed by atoms with van der Waals surface area (Å²) in [5.41, 5.74) is 0. The van der Waals surface area contributed by atoms with Crippen molar-refractivity contribution in [2.45, 2.75) is 11.3 Å². The van der Waals surface area contributed by atoms with Crippen molar-refractivity contribution >= 4 is 30.4 Å². The Morgan fingerprint density at radius 2 is 1.00 bits per heavy atom. The highest BCUT2D eigenvalue weighted by molar-refractivity contribution is 7.74. The lowest BCUT2D eigenvalue weighted by molar-refractivity contribution is 0.298. The SMILES string of the molecule is O=P(O)(O)CCC(CP(=O)(O)O)(P(=O)(O)O)P(=O)(O)O. The van der Waals surface area contributed by atoms with Crippen molar-refractivity contribution in [3.05, 3.63) is 0 Å². The molecule has 0 unspecified atom stereocenters. The van der Waals surface area contributed by atoms with Crippen LogP contribution >= 0.6 is 30.4 Å². The lowest BCUT2D eigenvalue weighted by atomic mass is 10.3. The Hall–Kier alpha value is 0.600. The average Bonchev–Trinajstić information content (AvgIpc) is 2.04. The van der Waals surface area contributed by atoms with Crippen LogP contribution in [0.1, 0.15) is 6.42 Å². The maximum Gasteiger partial charge on any atom is 0.344 e. The van der Waals surface area contributed by atoms with E-state index in [-0.39, 0.29) is 0 Å². The van der Waals surface area contributed by atoms with Gasteiger partial charge in [-0.3, -0.25) is 18.3 Å². The van der Waals surface area contributed by atoms with Crippen LogP contribution in [-0.2, 0) is 18.3 Å². The van der Waals surface area contributed by atoms with Crippen molar-refractivity contribution in [2.75, 3.05) is 12.3 Å². The predicted octanol–water partition coefficient (Wildman–Crippen LogP) is -1.22. The Kier molecular flexibility index (Phi) is 6.19. The molecule has 0 rings (SSSR count). The Labute approximate surface area is 112 Å². The maximum atomic E-state index is 11.3. The molecule has 0 aromatic heterocycles. The van der Waals surface area contributed by atoms with Crippen molar-refractivity contribution in [2.24, 2.45) is 0 Å². The van der Waals surface area contributed by atoms with Gasteiger partial charge in [-0.25, -0.2) is 0 Å². The molecule has 8 N–H and O–H groups in total. The van der Waals surface area contributed by atoms with Gasteiger partial charge >= 0.3 is 30.4 Å². The summed E-state index contributed by atoms with van der Waals surface area (Å²) in [4.78, 5) is 67.4. The molecule has 0 saturated carbocycles. The van der Waals surface area contributed by atoms with Gasteiger partial charge in [-0.2, -0.15) is 0 Å². The molecular formula is C4H14O12P4. The predicted molar refractivity (Wildman–Crippen MR) is 65.3 cm³/mol. The molecule has 0 aliphatic heterocycles. The quantitative estimate of drug-likeness (QED) is 0.244. The molecule has 0 radical (unpaired) electrons. The van der Waals surface area contributed by atoms with Crippen LogP contribution in [0, 0.1) is 0 Å². The maximum absolute atomic E-state index is 11.3. The lowest BCUT2D eigenvalue weighted by Crippen LogP contribution is -2.34. The summed E-state index contributed by atoms with van der Waals surface area (Å²) < 4.78 is 44.2. The Balaban J connectivity index is 5.98. The third kappa shape index (κ3) is 5.77. The van der Waals surface area contributed by atoms with Gasteiger partial charge in [0.2, 0.25) is 0 Å². The summed E-state index contributed by atoms with van der Waals surface area (Å²) in [6.45, 7) is 0. The summed E-state index contributed by atoms with van der Waals surface area (Å²) in [5, 5.41) is 0. The van der Waals surface area contributed by atoms with Crippen molar-refractivity contribution < 1.29 is 57.4 Å². The van der Waals surface area contributed by atoms with E-state index in [0.717, 1.165) is 0 Å². The van der Waals surface area contributed by atoms with Crippen LogP contribution in [0.25, 0.3) is 0 Å². The lowest BCUT2D eigenvalue weighted by Gasteiger charge is -2.34. The minimum Gasteiger partial charge on any atom is -0.324 e. The topological polar surface area (TPSA) is 230 Å². The zero-order chi connectivity index (χ0) is 16.6. The van der Waals surface area contributed by atoms with Crippen molar-refractivity contribution in [1.82, 2.24) is 0 Å². The van der Waals surface area contributed by atoms with Crippen molar-refractivity contribution in [1.29, 1.82) is 0 Å². The monoisotopic (exact) mass is 378 g/mol. The number of hydrogen-bond donors (Lipinski definition) is 8. The summed E-state index contributed by atoms with van der Waals surface area (Å²) >= 11 is 0. The van der Waals surface area contributed by atoms with Crippen LogP contribution in [0.2, 0.25) is 0 Å². The van der Waals surface area contributed by atoms with E-state index in [1.807, 2.05) is 0 Å². The fraction of sp³-hybridized carbons (Fsp3) is 1.00. The van der Waals surface area contributed by atoms with Crippen molar-refractivity contribution in [3.63, 3.8) is 0 Å². The van der Waals surface area contributed by atoms with E-state index in [1.54, 1.807) is 0 Å². The summed E-state index contributed by atoms with van der Waals surface area (Å²) in [6, 6.07) is 0. The molecule has 0 aliphatic carbocycles. The molecular weight excluding hydrogens is 364 g/mol. The van der Waals surface area contributed by atoms with Gasteiger partial charge in [0.1, 0.15) is 0 Å². The Bertz CT molecular complexity index is 506. The van der Waals surface area contributed by atoms with E-state index in [0.29, 0.717) is 0 Å². The number of rotatable bonds is 7. The van der Waals surface area contributed by atoms with E-state index in [9.17, 15) is 18.3 Å². The molecule has 0 fully saturated rings. The molecule has 0 atom stereocenters. The van der Waals surface area contributed by atoms with Crippen LogP contribution in [-0.4, -0.2) is 56.4 Å². The highest BCUT2D eigenvalue weighted by atomic mass is 31.2. The molecule has 0 saturated heterocycles. The molecule has 0 aliphatic rings. The fourth-order valence-electron chi connectivity index (χ4n) is 1.38. The first-order valence-electron chi connectivity index (χ1n) is 4.62. The minimum absolute atomic E-state index is 1.36. The van der Waals surface area contributed by atoms with Gasteiger partial charge in [0.25, 0.3) is 0 Å². The zero-order valence-corrected chi connectivity index (χ0v) is 13.2. The molecule has 0 spiro atoms. The van der Waals surface area contributed by atoms with Crippen LogP contribution in [0.5, 0.6) is 0 Å². The highest BCUT2D eigenvalue weighted by Gasteiger charge is 2.62. The minimum atomic E-state index is -5.81. The molecule has 0 amide bonds. The Morgan fingerprint density at radius 3 is 1.20 bits per heavy atom. The third-order valence-electron chi connectivity index (χ3n) is 2.35. The molecule has 0 heterocycles. The summed E-state index contributed by atoms with van der Waals surface area (Å²) in [6.07, 6.45) is -4.73. The molecule has 16 heteroatoms. The second-order valence-corrected chi connectivity index (χ2v) is 11.7.